The molecule has 1 unspecified atom stereocenters. The maximum atomic E-state index is 13.2. The molecule has 1 heterocycles. The summed E-state index contributed by atoms with van der Waals surface area (Å²) in [6.45, 7) is 6.38. The molecule has 0 spiro atoms. The Hall–Kier alpha value is -3.30. The van der Waals surface area contributed by atoms with Crippen LogP contribution in [0.25, 0.3) is 10.8 Å². The van der Waals surface area contributed by atoms with Gasteiger partial charge in [-0.25, -0.2) is 0 Å². The van der Waals surface area contributed by atoms with Crippen LogP contribution in [-0.2, 0) is 4.79 Å². The average molecular weight is 494 g/mol. The predicted octanol–water partition coefficient (Wildman–Crippen LogP) is 7.08. The second kappa shape index (κ2) is 10.8. The molecule has 0 saturated carbocycles. The predicted molar refractivity (Wildman–Crippen MR) is 136 cm³/mol. The topological polar surface area (TPSA) is 40.5 Å². The Kier molecular flexibility index (Phi) is 7.70. The normalized spacial score (nSPS) is 23.4. The van der Waals surface area contributed by atoms with Gasteiger partial charge in [0.25, 0.3) is 0 Å². The van der Waals surface area contributed by atoms with Crippen LogP contribution in [0.3, 0.4) is 0 Å². The maximum Gasteiger partial charge on any atom is 0.416 e. The van der Waals surface area contributed by atoms with Crippen molar-refractivity contribution in [3.63, 3.8) is 0 Å². The molecule has 6 heteroatoms. The van der Waals surface area contributed by atoms with Crippen LogP contribution in [0, 0.1) is 23.7 Å². The largest absolute Gasteiger partial charge is 0.481 e. The molecule has 36 heavy (non-hydrogen) atoms. The molecule has 2 aromatic rings. The van der Waals surface area contributed by atoms with E-state index in [0.29, 0.717) is 19.4 Å². The number of allylic oxidation sites excluding steroid dienone is 4. The van der Waals surface area contributed by atoms with E-state index >= 15 is 0 Å². The lowest BCUT2D eigenvalue weighted by molar-refractivity contribution is -0.138. The molecule has 0 radical (unpaired) electrons. The van der Waals surface area contributed by atoms with Crippen molar-refractivity contribution in [2.45, 2.75) is 50.9 Å². The summed E-state index contributed by atoms with van der Waals surface area (Å²) < 4.78 is 39.7. The minimum atomic E-state index is -4.37. The summed E-state index contributed by atoms with van der Waals surface area (Å²) in [7, 11) is 0. The van der Waals surface area contributed by atoms with E-state index in [9.17, 15) is 23.1 Å². The third-order valence-corrected chi connectivity index (χ3v) is 7.06. The van der Waals surface area contributed by atoms with Crippen LogP contribution in [0.1, 0.15) is 44.2 Å². The standard InChI is InChI=1S/C30H30F3NO2/c1-20(2)7-14-27(25-9-8-22-5-3-4-6-24(22)19-25)34-16-15-21(18-29(35)36)17-28(34)23-10-12-26(13-11-23)30(31,32)33/h3-6,8-10,12-13,19,21,23,27-28H,1,11,15-18H2,2H3,(H,35,36)/t21-,23?,27-,28+/m0/s1. The van der Waals surface area contributed by atoms with Crippen molar-refractivity contribution in [1.29, 1.82) is 0 Å². The number of carboxylic acid groups (broad SMARTS) is 1. The van der Waals surface area contributed by atoms with Gasteiger partial charge in [0.15, 0.2) is 0 Å². The SMILES string of the molecule is C=C(C)C#C[C@@H](c1ccc2ccccc2c1)N1CC[C@H](CC(=O)O)C[C@@H]1C1C=CC(C(F)(F)F)=CC1. The number of aliphatic carboxylic acids is 1. The van der Waals surface area contributed by atoms with Crippen molar-refractivity contribution >= 4 is 16.7 Å². The van der Waals surface area contributed by atoms with Gasteiger partial charge in [0, 0.05) is 19.0 Å². The lowest BCUT2D eigenvalue weighted by atomic mass is 9.78. The first-order valence-electron chi connectivity index (χ1n) is 12.2. The van der Waals surface area contributed by atoms with Crippen molar-refractivity contribution in [3.05, 3.63) is 84.0 Å². The first kappa shape index (κ1) is 25.8. The number of carboxylic acids is 1. The maximum absolute atomic E-state index is 13.2. The minimum absolute atomic E-state index is 0.0310. The Labute approximate surface area is 210 Å². The van der Waals surface area contributed by atoms with Gasteiger partial charge in [-0.15, -0.1) is 0 Å². The molecule has 1 aliphatic heterocycles. The van der Waals surface area contributed by atoms with Crippen molar-refractivity contribution < 1.29 is 23.1 Å². The molecule has 4 atom stereocenters. The molecule has 4 rings (SSSR count). The summed E-state index contributed by atoms with van der Waals surface area (Å²) in [6, 6.07) is 13.9. The van der Waals surface area contributed by atoms with Crippen LogP contribution in [0.5, 0.6) is 0 Å². The highest BCUT2D eigenvalue weighted by Crippen LogP contribution is 2.40. The van der Waals surface area contributed by atoms with Crippen LogP contribution in [0.2, 0.25) is 0 Å². The highest BCUT2D eigenvalue weighted by atomic mass is 19.4. The highest BCUT2D eigenvalue weighted by molar-refractivity contribution is 5.83. The van der Waals surface area contributed by atoms with Gasteiger partial charge in [-0.3, -0.25) is 9.69 Å². The van der Waals surface area contributed by atoms with Gasteiger partial charge in [-0.2, -0.15) is 13.2 Å². The van der Waals surface area contributed by atoms with Gasteiger partial charge < -0.3 is 5.11 Å². The Bertz CT molecular complexity index is 1260. The van der Waals surface area contributed by atoms with E-state index in [1.807, 2.05) is 31.2 Å². The van der Waals surface area contributed by atoms with Crippen molar-refractivity contribution in [3.8, 4) is 11.8 Å². The number of carbonyl (C=O) groups is 1. The van der Waals surface area contributed by atoms with E-state index in [1.54, 1.807) is 6.08 Å². The number of hydrogen-bond acceptors (Lipinski definition) is 2. The number of halogens is 3. The monoisotopic (exact) mass is 493 g/mol. The van der Waals surface area contributed by atoms with Crippen LogP contribution >= 0.6 is 0 Å². The molecule has 0 bridgehead atoms. The lowest BCUT2D eigenvalue weighted by Crippen LogP contribution is -2.48. The van der Waals surface area contributed by atoms with Crippen LogP contribution in [0.15, 0.2) is 78.4 Å². The first-order chi connectivity index (χ1) is 17.1. The summed E-state index contributed by atoms with van der Waals surface area (Å²) in [6.07, 6.45) is 1.30. The van der Waals surface area contributed by atoms with Gasteiger partial charge in [0.05, 0.1) is 11.6 Å². The number of alkyl halides is 3. The van der Waals surface area contributed by atoms with Crippen LogP contribution in [0.4, 0.5) is 13.2 Å². The van der Waals surface area contributed by atoms with Gasteiger partial charge >= 0.3 is 12.1 Å². The van der Waals surface area contributed by atoms with E-state index < -0.39 is 17.7 Å². The second-order valence-electron chi connectivity index (χ2n) is 9.77. The smallest absolute Gasteiger partial charge is 0.416 e. The third kappa shape index (κ3) is 6.09. The number of rotatable bonds is 5. The van der Waals surface area contributed by atoms with Crippen molar-refractivity contribution in [2.75, 3.05) is 6.54 Å². The van der Waals surface area contributed by atoms with Gasteiger partial charge in [-0.05, 0) is 66.0 Å². The summed E-state index contributed by atoms with van der Waals surface area (Å²) in [4.78, 5) is 13.7. The molecule has 3 nitrogen and oxygen atoms in total. The fourth-order valence-electron chi connectivity index (χ4n) is 5.33. The zero-order valence-electron chi connectivity index (χ0n) is 20.3. The lowest BCUT2D eigenvalue weighted by Gasteiger charge is -2.45. The van der Waals surface area contributed by atoms with Crippen LogP contribution in [-0.4, -0.2) is 34.7 Å². The van der Waals surface area contributed by atoms with E-state index in [2.05, 4.69) is 41.5 Å². The van der Waals surface area contributed by atoms with E-state index in [0.717, 1.165) is 28.0 Å². The Morgan fingerprint density at radius 2 is 1.97 bits per heavy atom. The molecule has 1 fully saturated rings. The Balaban J connectivity index is 1.71. The average Bonchev–Trinajstić information content (AvgIpc) is 2.83. The summed E-state index contributed by atoms with van der Waals surface area (Å²) in [5, 5.41) is 11.6. The van der Waals surface area contributed by atoms with Crippen molar-refractivity contribution in [1.82, 2.24) is 4.90 Å². The minimum Gasteiger partial charge on any atom is -0.481 e. The Morgan fingerprint density at radius 1 is 1.22 bits per heavy atom. The fraction of sp³-hybridized carbons (Fsp3) is 0.367. The fourth-order valence-corrected chi connectivity index (χ4v) is 5.33. The van der Waals surface area contributed by atoms with E-state index in [4.69, 9.17) is 0 Å². The van der Waals surface area contributed by atoms with E-state index in [-0.39, 0.29) is 36.8 Å². The Morgan fingerprint density at radius 3 is 2.61 bits per heavy atom. The van der Waals surface area contributed by atoms with Crippen LogP contribution < -0.4 is 0 Å². The third-order valence-electron chi connectivity index (χ3n) is 7.06. The highest BCUT2D eigenvalue weighted by Gasteiger charge is 2.39. The first-order valence-corrected chi connectivity index (χ1v) is 12.2. The molecule has 0 aromatic heterocycles. The molecule has 1 N–H and O–H groups in total. The molecule has 2 aliphatic rings. The number of nitrogens with zero attached hydrogens (tertiary/aromatic N) is 1. The van der Waals surface area contributed by atoms with Crippen molar-refractivity contribution in [2.24, 2.45) is 11.8 Å². The molecular weight excluding hydrogens is 463 g/mol. The second-order valence-corrected chi connectivity index (χ2v) is 9.77. The number of likely N-dealkylation sites (tertiary alicyclic amines) is 1. The zero-order valence-corrected chi connectivity index (χ0v) is 20.3. The molecular formula is C30H30F3NO2. The molecule has 2 aromatic carbocycles. The number of piperidine rings is 1. The molecule has 0 amide bonds. The van der Waals surface area contributed by atoms with Gasteiger partial charge in [0.1, 0.15) is 0 Å². The summed E-state index contributed by atoms with van der Waals surface area (Å²) in [5.74, 6) is 5.45. The number of hydrogen-bond donors (Lipinski definition) is 1. The summed E-state index contributed by atoms with van der Waals surface area (Å²) >= 11 is 0. The quantitative estimate of drug-likeness (QED) is 0.453. The van der Waals surface area contributed by atoms with Gasteiger partial charge in [0.2, 0.25) is 0 Å². The van der Waals surface area contributed by atoms with E-state index in [1.165, 1.54) is 6.08 Å². The summed E-state index contributed by atoms with van der Waals surface area (Å²) in [5.41, 5.74) is 1.11. The van der Waals surface area contributed by atoms with Gasteiger partial charge in [-0.1, -0.05) is 73.0 Å². The molecule has 1 aliphatic carbocycles. The zero-order chi connectivity index (χ0) is 25.9. The number of benzene rings is 2. The molecule has 188 valence electrons. The molecule has 1 saturated heterocycles. The number of fused-ring (bicyclic) bond motifs is 1.